The summed E-state index contributed by atoms with van der Waals surface area (Å²) in [6, 6.07) is 0. The van der Waals surface area contributed by atoms with E-state index in [2.05, 4.69) is 25.7 Å². The number of aliphatic hydroxyl groups is 3. The highest BCUT2D eigenvalue weighted by molar-refractivity contribution is 5.93. The number of carbonyl (C=O) groups is 1. The van der Waals surface area contributed by atoms with E-state index in [-0.39, 0.29) is 24.3 Å². The second-order valence-electron chi connectivity index (χ2n) is 6.39. The molecule has 0 radical (unpaired) electrons. The molecule has 2 aliphatic heterocycles. The molecule has 7 N–H and O–H groups in total. The molecule has 1 fully saturated rings. The first-order valence-electron chi connectivity index (χ1n) is 8.52. The van der Waals surface area contributed by atoms with E-state index in [4.69, 9.17) is 10.5 Å². The van der Waals surface area contributed by atoms with E-state index in [0.29, 0.717) is 17.1 Å². The van der Waals surface area contributed by atoms with Crippen molar-refractivity contribution in [1.82, 2.24) is 25.1 Å². The van der Waals surface area contributed by atoms with Crippen LogP contribution in [0, 0.1) is 0 Å². The molecule has 4 rings (SSSR count). The van der Waals surface area contributed by atoms with Gasteiger partial charge in [0, 0.05) is 13.2 Å². The predicted octanol–water partition coefficient (Wildman–Crippen LogP) is -2.77. The average molecular weight is 392 g/mol. The molecule has 28 heavy (non-hydrogen) atoms. The first-order chi connectivity index (χ1) is 13.4. The Bertz CT molecular complexity index is 905. The maximum atomic E-state index is 11.7. The van der Waals surface area contributed by atoms with Gasteiger partial charge in [0.15, 0.2) is 17.9 Å². The van der Waals surface area contributed by atoms with E-state index in [1.807, 2.05) is 0 Å². The van der Waals surface area contributed by atoms with Crippen molar-refractivity contribution in [3.05, 3.63) is 18.0 Å². The van der Waals surface area contributed by atoms with Crippen molar-refractivity contribution in [3.63, 3.8) is 0 Å². The molecular formula is C15H20N8O5. The summed E-state index contributed by atoms with van der Waals surface area (Å²) in [4.78, 5) is 21.9. The van der Waals surface area contributed by atoms with Crippen LogP contribution in [0.25, 0.3) is 5.95 Å². The van der Waals surface area contributed by atoms with Crippen LogP contribution in [-0.4, -0.2) is 85.8 Å². The van der Waals surface area contributed by atoms with E-state index in [9.17, 15) is 20.1 Å². The number of nitrogens with zero attached hydrogens (tertiary/aromatic N) is 5. The number of nitrogen functional groups attached to an aromatic ring is 1. The van der Waals surface area contributed by atoms with Crippen LogP contribution in [0.2, 0.25) is 0 Å². The zero-order valence-electron chi connectivity index (χ0n) is 14.8. The van der Waals surface area contributed by atoms with Gasteiger partial charge in [-0.05, 0) is 0 Å². The summed E-state index contributed by atoms with van der Waals surface area (Å²) in [6.07, 6.45) is -1.52. The number of hydrogen-bond donors (Lipinski definition) is 6. The van der Waals surface area contributed by atoms with Gasteiger partial charge in [-0.3, -0.25) is 4.79 Å². The monoisotopic (exact) mass is 392 g/mol. The number of nitrogens with one attached hydrogen (secondary N) is 2. The Kier molecular flexibility index (Phi) is 4.50. The lowest BCUT2D eigenvalue weighted by Gasteiger charge is -2.26. The normalized spacial score (nSPS) is 26.2. The summed E-state index contributed by atoms with van der Waals surface area (Å²) in [7, 11) is 1.51. The second kappa shape index (κ2) is 6.87. The smallest absolute Gasteiger partial charge is 0.254 e. The van der Waals surface area contributed by atoms with Crippen LogP contribution in [0.15, 0.2) is 12.4 Å². The number of amides is 1. The van der Waals surface area contributed by atoms with Crippen molar-refractivity contribution in [2.45, 2.75) is 24.5 Å². The van der Waals surface area contributed by atoms with Crippen LogP contribution in [0.1, 0.15) is 10.4 Å². The van der Waals surface area contributed by atoms with Gasteiger partial charge in [0.1, 0.15) is 24.0 Å². The van der Waals surface area contributed by atoms with Gasteiger partial charge in [0.25, 0.3) is 11.9 Å². The lowest BCUT2D eigenvalue weighted by atomic mass is 10.1. The predicted molar refractivity (Wildman–Crippen MR) is 95.7 cm³/mol. The first-order valence-corrected chi connectivity index (χ1v) is 8.52. The molecule has 0 aromatic carbocycles. The minimum absolute atomic E-state index is 0.117. The van der Waals surface area contributed by atoms with E-state index in [1.54, 1.807) is 4.90 Å². The molecule has 2 unspecified atom stereocenters. The molecule has 4 atom stereocenters. The number of rotatable bonds is 4. The quantitative estimate of drug-likeness (QED) is 0.316. The Hall–Kier alpha value is -3.00. The largest absolute Gasteiger partial charge is 0.394 e. The lowest BCUT2D eigenvalue weighted by molar-refractivity contribution is -0.0219. The molecular weight excluding hydrogens is 372 g/mol. The summed E-state index contributed by atoms with van der Waals surface area (Å²) >= 11 is 0. The molecule has 0 bridgehead atoms. The number of carbonyl (C=O) groups excluding carboxylic acids is 1. The van der Waals surface area contributed by atoms with Gasteiger partial charge in [0.05, 0.1) is 25.0 Å². The number of ether oxygens (including phenoxy) is 1. The minimum atomic E-state index is -1.26. The van der Waals surface area contributed by atoms with Gasteiger partial charge in [-0.15, -0.1) is 0 Å². The fourth-order valence-electron chi connectivity index (χ4n) is 3.21. The molecule has 2 aromatic rings. The molecule has 4 heterocycles. The third-order valence-electron chi connectivity index (χ3n) is 4.71. The van der Waals surface area contributed by atoms with Gasteiger partial charge in [0.2, 0.25) is 0 Å². The van der Waals surface area contributed by atoms with E-state index < -0.39 is 31.1 Å². The number of fused-ring (bicyclic) bond motifs is 1. The first kappa shape index (κ1) is 18.4. The van der Waals surface area contributed by atoms with Crippen molar-refractivity contribution in [2.75, 3.05) is 36.3 Å². The van der Waals surface area contributed by atoms with Gasteiger partial charge in [-0.25, -0.2) is 4.68 Å². The summed E-state index contributed by atoms with van der Waals surface area (Å²) in [6.45, 7) is -0.234. The van der Waals surface area contributed by atoms with Crippen LogP contribution >= 0.6 is 0 Å². The molecule has 0 spiro atoms. The topological polar surface area (TPSA) is 184 Å². The molecule has 13 heteroatoms. The number of anilines is 3. The average Bonchev–Trinajstić information content (AvgIpc) is 3.40. The SMILES string of the molecule is CNC(=O)c1cnn(-c2nc(N)c3c(n2)N(C2OC(CO)[C@@H](O)[C@H]2O)CN3)c1. The summed E-state index contributed by atoms with van der Waals surface area (Å²) in [5, 5.41) is 39.2. The van der Waals surface area contributed by atoms with E-state index in [1.165, 1.54) is 24.1 Å². The van der Waals surface area contributed by atoms with Gasteiger partial charge in [-0.1, -0.05) is 0 Å². The van der Waals surface area contributed by atoms with Crippen molar-refractivity contribution in [2.24, 2.45) is 0 Å². The molecule has 0 aliphatic carbocycles. The van der Waals surface area contributed by atoms with Crippen LogP contribution in [-0.2, 0) is 4.74 Å². The maximum absolute atomic E-state index is 11.7. The molecule has 13 nitrogen and oxygen atoms in total. The molecule has 1 saturated heterocycles. The second-order valence-corrected chi connectivity index (χ2v) is 6.39. The Morgan fingerprint density at radius 1 is 1.43 bits per heavy atom. The van der Waals surface area contributed by atoms with E-state index in [0.717, 1.165) is 0 Å². The standard InChI is InChI=1S/C15H20N8O5/c1-17-13(27)6-2-19-23(3-6)15-20-11(16)8-12(21-15)22(5-18-8)14-10(26)9(25)7(4-24)28-14/h2-3,7,9-10,14,18,24-26H,4-5H2,1H3,(H,17,27)(H2,16,20,21)/t7?,9-,10-,14?/m1/s1. The van der Waals surface area contributed by atoms with Crippen LogP contribution < -0.4 is 21.3 Å². The highest BCUT2D eigenvalue weighted by Gasteiger charge is 2.47. The highest BCUT2D eigenvalue weighted by atomic mass is 16.6. The molecule has 150 valence electrons. The summed E-state index contributed by atoms with van der Waals surface area (Å²) < 4.78 is 6.87. The van der Waals surface area contributed by atoms with Gasteiger partial charge < -0.3 is 41.3 Å². The van der Waals surface area contributed by atoms with Crippen molar-refractivity contribution < 1.29 is 24.9 Å². The number of nitrogens with two attached hydrogens (primary N) is 1. The van der Waals surface area contributed by atoms with Gasteiger partial charge in [-0.2, -0.15) is 15.1 Å². The molecule has 2 aromatic heterocycles. The van der Waals surface area contributed by atoms with Crippen LogP contribution in [0.3, 0.4) is 0 Å². The van der Waals surface area contributed by atoms with Crippen LogP contribution in [0.5, 0.6) is 0 Å². The fourth-order valence-corrected chi connectivity index (χ4v) is 3.21. The third kappa shape index (κ3) is 2.80. The Labute approximate surface area is 158 Å². The van der Waals surface area contributed by atoms with Crippen molar-refractivity contribution in [3.8, 4) is 5.95 Å². The summed E-state index contributed by atoms with van der Waals surface area (Å²) in [5.74, 6) is 0.294. The summed E-state index contributed by atoms with van der Waals surface area (Å²) in [5.41, 5.74) is 6.79. The number of aromatic nitrogens is 4. The van der Waals surface area contributed by atoms with Crippen molar-refractivity contribution >= 4 is 23.2 Å². The highest BCUT2D eigenvalue weighted by Crippen LogP contribution is 2.38. The van der Waals surface area contributed by atoms with Crippen molar-refractivity contribution in [1.29, 1.82) is 0 Å². The zero-order chi connectivity index (χ0) is 20.0. The van der Waals surface area contributed by atoms with E-state index >= 15 is 0 Å². The zero-order valence-corrected chi connectivity index (χ0v) is 14.8. The number of aliphatic hydroxyl groups excluding tert-OH is 3. The Morgan fingerprint density at radius 2 is 2.21 bits per heavy atom. The number of hydrogen-bond acceptors (Lipinski definition) is 11. The molecule has 2 aliphatic rings. The maximum Gasteiger partial charge on any atom is 0.254 e. The Morgan fingerprint density at radius 3 is 2.89 bits per heavy atom. The molecule has 0 saturated carbocycles. The molecule has 1 amide bonds. The van der Waals surface area contributed by atoms with Crippen LogP contribution in [0.4, 0.5) is 17.3 Å². The third-order valence-corrected chi connectivity index (χ3v) is 4.71. The van der Waals surface area contributed by atoms with Gasteiger partial charge >= 0.3 is 0 Å². The lowest BCUT2D eigenvalue weighted by Crippen LogP contribution is -2.44. The Balaban J connectivity index is 1.68. The minimum Gasteiger partial charge on any atom is -0.394 e. The fraction of sp³-hybridized carbons (Fsp3) is 0.467.